The first-order chi connectivity index (χ1) is 9.28. The Morgan fingerprint density at radius 3 is 3.11 bits per heavy atom. The summed E-state index contributed by atoms with van der Waals surface area (Å²) in [5.41, 5.74) is 2.48. The molecule has 3 unspecified atom stereocenters. The summed E-state index contributed by atoms with van der Waals surface area (Å²) in [5.74, 6) is 1.29. The molecule has 1 aliphatic heterocycles. The fourth-order valence-corrected chi connectivity index (χ4v) is 3.14. The van der Waals surface area contributed by atoms with Crippen LogP contribution >= 0.6 is 0 Å². The van der Waals surface area contributed by atoms with Crippen LogP contribution in [-0.4, -0.2) is 18.5 Å². The minimum Gasteiger partial charge on any atom is -0.384 e. The van der Waals surface area contributed by atoms with Crippen molar-refractivity contribution in [1.29, 1.82) is 0 Å². The zero-order valence-electron chi connectivity index (χ0n) is 11.5. The highest BCUT2D eigenvalue weighted by Crippen LogP contribution is 2.36. The lowest BCUT2D eigenvalue weighted by molar-refractivity contribution is -0.121. The number of hydrogen-bond acceptors (Lipinski definition) is 2. The van der Waals surface area contributed by atoms with Gasteiger partial charge in [0.2, 0.25) is 5.91 Å². The maximum absolute atomic E-state index is 12.1. The standard InChI is InChI=1S/C16H22N2O/c1-2-5-11-8-15(11)18-16(19)9-12-10-17-14-7-4-3-6-13(12)14/h3-4,6-7,11-12,15,17H,2,5,8-10H2,1H3,(H,18,19). The topological polar surface area (TPSA) is 41.1 Å². The highest BCUT2D eigenvalue weighted by atomic mass is 16.1. The first-order valence-electron chi connectivity index (χ1n) is 7.40. The lowest BCUT2D eigenvalue weighted by Crippen LogP contribution is -2.28. The summed E-state index contributed by atoms with van der Waals surface area (Å²) in [6.07, 6.45) is 4.26. The van der Waals surface area contributed by atoms with Crippen molar-refractivity contribution in [1.82, 2.24) is 5.32 Å². The van der Waals surface area contributed by atoms with Gasteiger partial charge in [-0.3, -0.25) is 4.79 Å². The van der Waals surface area contributed by atoms with Crippen LogP contribution in [0.2, 0.25) is 0 Å². The molecule has 2 N–H and O–H groups in total. The predicted molar refractivity (Wildman–Crippen MR) is 77.2 cm³/mol. The SMILES string of the molecule is CCCC1CC1NC(=O)CC1CNc2ccccc21. The van der Waals surface area contributed by atoms with Crippen molar-refractivity contribution < 1.29 is 4.79 Å². The van der Waals surface area contributed by atoms with Crippen LogP contribution in [0.4, 0.5) is 5.69 Å². The molecule has 0 aromatic heterocycles. The number of hydrogen-bond donors (Lipinski definition) is 2. The van der Waals surface area contributed by atoms with E-state index in [9.17, 15) is 4.79 Å². The molecule has 1 aromatic carbocycles. The number of anilines is 1. The number of benzene rings is 1. The second-order valence-corrected chi connectivity index (χ2v) is 5.83. The van der Waals surface area contributed by atoms with Gasteiger partial charge in [-0.05, 0) is 30.4 Å². The normalized spacial score (nSPS) is 27.5. The third-order valence-electron chi connectivity index (χ3n) is 4.30. The van der Waals surface area contributed by atoms with Gasteiger partial charge in [-0.2, -0.15) is 0 Å². The van der Waals surface area contributed by atoms with Crippen molar-refractivity contribution in [2.75, 3.05) is 11.9 Å². The maximum atomic E-state index is 12.1. The van der Waals surface area contributed by atoms with E-state index in [2.05, 4.69) is 35.8 Å². The Labute approximate surface area is 114 Å². The van der Waals surface area contributed by atoms with Gasteiger partial charge in [-0.1, -0.05) is 31.5 Å². The van der Waals surface area contributed by atoms with Crippen LogP contribution in [0.25, 0.3) is 0 Å². The van der Waals surface area contributed by atoms with Gasteiger partial charge in [0.05, 0.1) is 0 Å². The number of fused-ring (bicyclic) bond motifs is 1. The van der Waals surface area contributed by atoms with E-state index < -0.39 is 0 Å². The molecule has 102 valence electrons. The fraction of sp³-hybridized carbons (Fsp3) is 0.562. The number of nitrogens with one attached hydrogen (secondary N) is 2. The molecular formula is C16H22N2O. The van der Waals surface area contributed by atoms with Crippen LogP contribution in [0.15, 0.2) is 24.3 Å². The number of amides is 1. The largest absolute Gasteiger partial charge is 0.384 e. The van der Waals surface area contributed by atoms with Gasteiger partial charge in [0.1, 0.15) is 0 Å². The highest BCUT2D eigenvalue weighted by Gasteiger charge is 2.37. The lowest BCUT2D eigenvalue weighted by Gasteiger charge is -2.10. The van der Waals surface area contributed by atoms with Crippen molar-refractivity contribution in [3.05, 3.63) is 29.8 Å². The van der Waals surface area contributed by atoms with E-state index in [0.717, 1.165) is 12.5 Å². The molecule has 2 aliphatic rings. The molecule has 19 heavy (non-hydrogen) atoms. The minimum atomic E-state index is 0.215. The van der Waals surface area contributed by atoms with Crippen LogP contribution in [-0.2, 0) is 4.79 Å². The summed E-state index contributed by atoms with van der Waals surface area (Å²) >= 11 is 0. The third kappa shape index (κ3) is 2.75. The molecule has 3 rings (SSSR count). The van der Waals surface area contributed by atoms with Crippen LogP contribution in [0.5, 0.6) is 0 Å². The maximum Gasteiger partial charge on any atom is 0.220 e. The summed E-state index contributed by atoms with van der Waals surface area (Å²) in [6, 6.07) is 8.76. The van der Waals surface area contributed by atoms with Crippen molar-refractivity contribution in [2.24, 2.45) is 5.92 Å². The predicted octanol–water partition coefficient (Wildman–Crippen LogP) is 2.89. The molecule has 0 saturated heterocycles. The second kappa shape index (κ2) is 5.24. The lowest BCUT2D eigenvalue weighted by atomic mass is 9.97. The van der Waals surface area contributed by atoms with E-state index in [0.29, 0.717) is 18.4 Å². The van der Waals surface area contributed by atoms with E-state index in [-0.39, 0.29) is 5.91 Å². The molecule has 0 bridgehead atoms. The van der Waals surface area contributed by atoms with Gasteiger partial charge >= 0.3 is 0 Å². The Hall–Kier alpha value is -1.51. The van der Waals surface area contributed by atoms with Crippen molar-refractivity contribution in [3.8, 4) is 0 Å². The molecule has 1 amide bonds. The van der Waals surface area contributed by atoms with Gasteiger partial charge in [0.15, 0.2) is 0 Å². The average molecular weight is 258 g/mol. The summed E-state index contributed by atoms with van der Waals surface area (Å²) < 4.78 is 0. The number of rotatable bonds is 5. The van der Waals surface area contributed by atoms with E-state index in [1.165, 1.54) is 30.5 Å². The summed E-state index contributed by atoms with van der Waals surface area (Å²) in [4.78, 5) is 12.1. The van der Waals surface area contributed by atoms with Crippen LogP contribution in [0, 0.1) is 5.92 Å². The van der Waals surface area contributed by atoms with Crippen molar-refractivity contribution in [3.63, 3.8) is 0 Å². The number of carbonyl (C=O) groups excluding carboxylic acids is 1. The van der Waals surface area contributed by atoms with E-state index in [1.54, 1.807) is 0 Å². The van der Waals surface area contributed by atoms with E-state index >= 15 is 0 Å². The Morgan fingerprint density at radius 1 is 1.42 bits per heavy atom. The Morgan fingerprint density at radius 2 is 2.26 bits per heavy atom. The molecular weight excluding hydrogens is 236 g/mol. The third-order valence-corrected chi connectivity index (χ3v) is 4.30. The monoisotopic (exact) mass is 258 g/mol. The molecule has 1 saturated carbocycles. The quantitative estimate of drug-likeness (QED) is 0.852. The highest BCUT2D eigenvalue weighted by molar-refractivity contribution is 5.78. The second-order valence-electron chi connectivity index (χ2n) is 5.83. The van der Waals surface area contributed by atoms with E-state index in [1.807, 2.05) is 6.07 Å². The number of para-hydroxylation sites is 1. The van der Waals surface area contributed by atoms with Crippen LogP contribution in [0.3, 0.4) is 0 Å². The van der Waals surface area contributed by atoms with Crippen molar-refractivity contribution in [2.45, 2.75) is 44.6 Å². The fourth-order valence-electron chi connectivity index (χ4n) is 3.14. The van der Waals surface area contributed by atoms with Crippen molar-refractivity contribution >= 4 is 11.6 Å². The molecule has 3 nitrogen and oxygen atoms in total. The van der Waals surface area contributed by atoms with Crippen LogP contribution in [0.1, 0.15) is 44.1 Å². The molecule has 3 atom stereocenters. The Bertz CT molecular complexity index is 472. The van der Waals surface area contributed by atoms with Gasteiger partial charge in [-0.15, -0.1) is 0 Å². The zero-order valence-corrected chi connectivity index (χ0v) is 11.5. The summed E-state index contributed by atoms with van der Waals surface area (Å²) in [5, 5.41) is 6.55. The molecule has 1 aliphatic carbocycles. The molecule has 1 fully saturated rings. The molecule has 1 aromatic rings. The van der Waals surface area contributed by atoms with E-state index in [4.69, 9.17) is 0 Å². The average Bonchev–Trinajstić information content (AvgIpc) is 2.99. The molecule has 0 radical (unpaired) electrons. The minimum absolute atomic E-state index is 0.215. The summed E-state index contributed by atoms with van der Waals surface area (Å²) in [7, 11) is 0. The van der Waals surface area contributed by atoms with Gasteiger partial charge in [0, 0.05) is 30.6 Å². The smallest absolute Gasteiger partial charge is 0.220 e. The Kier molecular flexibility index (Phi) is 3.45. The van der Waals surface area contributed by atoms with Crippen LogP contribution < -0.4 is 10.6 Å². The van der Waals surface area contributed by atoms with Gasteiger partial charge in [-0.25, -0.2) is 0 Å². The molecule has 1 heterocycles. The molecule has 3 heteroatoms. The summed E-state index contributed by atoms with van der Waals surface area (Å²) in [6.45, 7) is 3.09. The van der Waals surface area contributed by atoms with Gasteiger partial charge in [0.25, 0.3) is 0 Å². The first-order valence-corrected chi connectivity index (χ1v) is 7.40. The Balaban J connectivity index is 1.51. The number of carbonyl (C=O) groups is 1. The first kappa shape index (κ1) is 12.5. The zero-order chi connectivity index (χ0) is 13.2. The van der Waals surface area contributed by atoms with Gasteiger partial charge < -0.3 is 10.6 Å². The molecule has 0 spiro atoms.